The highest BCUT2D eigenvalue weighted by atomic mass is 15.0. The van der Waals surface area contributed by atoms with Gasteiger partial charge in [-0.2, -0.15) is 0 Å². The van der Waals surface area contributed by atoms with Gasteiger partial charge < -0.3 is 4.57 Å². The van der Waals surface area contributed by atoms with E-state index in [2.05, 4.69) is 159 Å². The van der Waals surface area contributed by atoms with Crippen LogP contribution >= 0.6 is 0 Å². The normalized spacial score (nSPS) is 19.6. The van der Waals surface area contributed by atoms with Crippen LogP contribution in [-0.4, -0.2) is 4.57 Å². The summed E-state index contributed by atoms with van der Waals surface area (Å²) in [5.41, 5.74) is 11.4. The Labute approximate surface area is 262 Å². The first kappa shape index (κ1) is 30.3. The van der Waals surface area contributed by atoms with Gasteiger partial charge in [0.2, 0.25) is 0 Å². The lowest BCUT2D eigenvalue weighted by molar-refractivity contribution is 0.976. The van der Waals surface area contributed by atoms with E-state index in [9.17, 15) is 0 Å². The molecule has 0 atom stereocenters. The topological polar surface area (TPSA) is 4.93 Å². The minimum absolute atomic E-state index is 0.937. The summed E-state index contributed by atoms with van der Waals surface area (Å²) in [7, 11) is 0. The van der Waals surface area contributed by atoms with E-state index in [0.29, 0.717) is 0 Å². The number of fused-ring (bicyclic) bond motifs is 3. The molecule has 0 amide bonds. The van der Waals surface area contributed by atoms with Crippen LogP contribution in [0.1, 0.15) is 33.6 Å². The molecule has 44 heavy (non-hydrogen) atoms. The molecule has 218 valence electrons. The molecule has 1 aliphatic carbocycles. The van der Waals surface area contributed by atoms with E-state index < -0.39 is 0 Å². The first-order chi connectivity index (χ1) is 21.5. The van der Waals surface area contributed by atoms with Gasteiger partial charge in [-0.05, 0) is 91.3 Å². The van der Waals surface area contributed by atoms with Crippen LogP contribution < -0.4 is 0 Å². The van der Waals surface area contributed by atoms with Crippen molar-refractivity contribution in [3.8, 4) is 11.1 Å². The monoisotopic (exact) mass is 571 g/mol. The van der Waals surface area contributed by atoms with Crippen molar-refractivity contribution >= 4 is 27.5 Å². The molecule has 0 radical (unpaired) electrons. The second-order valence-electron chi connectivity index (χ2n) is 11.0. The lowest BCUT2D eigenvalue weighted by atomic mass is 9.92. The lowest BCUT2D eigenvalue weighted by Gasteiger charge is -2.13. The van der Waals surface area contributed by atoms with Crippen LogP contribution in [0, 0.1) is 0 Å². The summed E-state index contributed by atoms with van der Waals surface area (Å²) in [5.74, 6) is 0. The molecule has 1 heterocycles. The number of hydrogen-bond acceptors (Lipinski definition) is 0. The van der Waals surface area contributed by atoms with Crippen LogP contribution in [-0.2, 0) is 0 Å². The van der Waals surface area contributed by atoms with Crippen LogP contribution in [0.15, 0.2) is 187 Å². The number of aromatic nitrogens is 1. The van der Waals surface area contributed by atoms with Crippen molar-refractivity contribution in [2.75, 3.05) is 0 Å². The molecule has 3 aromatic carbocycles. The van der Waals surface area contributed by atoms with E-state index in [1.807, 2.05) is 25.2 Å². The third-order valence-corrected chi connectivity index (χ3v) is 7.98. The molecular formula is C43H41N. The van der Waals surface area contributed by atoms with Crippen molar-refractivity contribution in [3.63, 3.8) is 0 Å². The van der Waals surface area contributed by atoms with Gasteiger partial charge in [-0.25, -0.2) is 0 Å². The summed E-state index contributed by atoms with van der Waals surface area (Å²) in [5, 5.41) is 2.52. The molecular weight excluding hydrogens is 530 g/mol. The van der Waals surface area contributed by atoms with Crippen molar-refractivity contribution in [2.24, 2.45) is 0 Å². The molecule has 0 aliphatic heterocycles. The molecule has 0 fully saturated rings. The Morgan fingerprint density at radius 3 is 2.41 bits per heavy atom. The average molecular weight is 572 g/mol. The van der Waals surface area contributed by atoms with Gasteiger partial charge >= 0.3 is 0 Å². The predicted octanol–water partition coefficient (Wildman–Crippen LogP) is 12.3. The van der Waals surface area contributed by atoms with Crippen molar-refractivity contribution < 1.29 is 0 Å². The van der Waals surface area contributed by atoms with E-state index in [4.69, 9.17) is 0 Å². The number of para-hydroxylation sites is 1. The zero-order valence-corrected chi connectivity index (χ0v) is 26.1. The van der Waals surface area contributed by atoms with E-state index >= 15 is 0 Å². The van der Waals surface area contributed by atoms with E-state index in [0.717, 1.165) is 40.8 Å². The molecule has 0 bridgehead atoms. The summed E-state index contributed by atoms with van der Waals surface area (Å²) in [4.78, 5) is 0. The van der Waals surface area contributed by atoms with Gasteiger partial charge in [0.1, 0.15) is 0 Å². The summed E-state index contributed by atoms with van der Waals surface area (Å²) in [6.07, 6.45) is 27.5. The minimum Gasteiger partial charge on any atom is -0.309 e. The Morgan fingerprint density at radius 2 is 1.61 bits per heavy atom. The number of hydrogen-bond donors (Lipinski definition) is 0. The summed E-state index contributed by atoms with van der Waals surface area (Å²) in [6, 6.07) is 26.1. The van der Waals surface area contributed by atoms with Crippen LogP contribution in [0.3, 0.4) is 0 Å². The molecule has 1 aromatic heterocycles. The Balaban J connectivity index is 1.66. The predicted molar refractivity (Wildman–Crippen MR) is 194 cm³/mol. The highest BCUT2D eigenvalue weighted by Crippen LogP contribution is 2.39. The van der Waals surface area contributed by atoms with Gasteiger partial charge in [0.05, 0.1) is 11.0 Å². The molecule has 0 saturated carbocycles. The average Bonchev–Trinajstić information content (AvgIpc) is 3.38. The fourth-order valence-electron chi connectivity index (χ4n) is 5.85. The summed E-state index contributed by atoms with van der Waals surface area (Å²) in [6.45, 7) is 15.1. The molecule has 0 spiro atoms. The van der Waals surface area contributed by atoms with Gasteiger partial charge in [0, 0.05) is 16.5 Å². The summed E-state index contributed by atoms with van der Waals surface area (Å²) >= 11 is 0. The zero-order valence-electron chi connectivity index (χ0n) is 26.1. The second-order valence-corrected chi connectivity index (χ2v) is 11.0. The zero-order chi connectivity index (χ0) is 30.9. The Morgan fingerprint density at radius 1 is 0.841 bits per heavy atom. The molecule has 1 nitrogen and oxygen atoms in total. The van der Waals surface area contributed by atoms with Crippen molar-refractivity contribution in [1.82, 2.24) is 4.57 Å². The number of rotatable bonds is 6. The first-order valence-corrected chi connectivity index (χ1v) is 15.4. The number of nitrogens with zero attached hydrogens (tertiary/aromatic N) is 1. The van der Waals surface area contributed by atoms with Crippen molar-refractivity contribution in [3.05, 3.63) is 187 Å². The smallest absolute Gasteiger partial charge is 0.0547 e. The maximum atomic E-state index is 4.48. The molecule has 0 unspecified atom stereocenters. The summed E-state index contributed by atoms with van der Waals surface area (Å²) < 4.78 is 2.41. The third-order valence-electron chi connectivity index (χ3n) is 7.98. The highest BCUT2D eigenvalue weighted by Gasteiger charge is 2.16. The van der Waals surface area contributed by atoms with Gasteiger partial charge in [0.25, 0.3) is 0 Å². The molecule has 1 heteroatoms. The highest BCUT2D eigenvalue weighted by molar-refractivity contribution is 6.16. The molecule has 0 N–H and O–H groups in total. The molecule has 5 rings (SSSR count). The van der Waals surface area contributed by atoms with Gasteiger partial charge in [-0.3, -0.25) is 0 Å². The maximum Gasteiger partial charge on any atom is 0.0547 e. The van der Waals surface area contributed by atoms with E-state index in [-0.39, 0.29) is 0 Å². The van der Waals surface area contributed by atoms with Crippen molar-refractivity contribution in [2.45, 2.75) is 33.6 Å². The molecule has 1 aliphatic rings. The Kier molecular flexibility index (Phi) is 9.89. The molecule has 4 aromatic rings. The Bertz CT molecular complexity index is 1940. The molecule has 0 saturated heterocycles. The SMILES string of the molecule is C=C1C=C/C=C(n2c3ccccc3c3c(-c4ccccc4)cccc32)\C=C(/C)CC\C=C/C=C1/C(=C/C)C(=C)/C=C\C=C/C. The third kappa shape index (κ3) is 6.58. The van der Waals surface area contributed by atoms with Gasteiger partial charge in [0.15, 0.2) is 0 Å². The van der Waals surface area contributed by atoms with E-state index in [1.54, 1.807) is 0 Å². The largest absolute Gasteiger partial charge is 0.309 e. The first-order valence-electron chi connectivity index (χ1n) is 15.4. The number of benzene rings is 3. The minimum atomic E-state index is 0.937. The number of allylic oxidation sites excluding steroid dienone is 18. The Hall–Kier alpha value is -5.14. The van der Waals surface area contributed by atoms with Gasteiger partial charge in [-0.1, -0.05) is 140 Å². The fraction of sp³-hybridized carbons (Fsp3) is 0.116. The van der Waals surface area contributed by atoms with Crippen molar-refractivity contribution in [1.29, 1.82) is 0 Å². The van der Waals surface area contributed by atoms with Crippen LogP contribution in [0.2, 0.25) is 0 Å². The van der Waals surface area contributed by atoms with Crippen LogP contribution in [0.25, 0.3) is 38.6 Å². The standard InChI is InChI=1S/C43H41N/c1-6-8-11-21-33(4)37(7-2)38-26-15-9-12-20-32(3)31-36(25-18-22-34(38)5)44-41-29-17-16-27-40(41)43-39(28-19-30-42(43)44)35-23-13-10-14-24-35/h6-11,13-19,21-31H,4-5,12,20H2,1-3H3/b8-6-,15-9-,21-11-,22-18?,32-31+,36-25+,37-7+,38-26+. The fourth-order valence-corrected chi connectivity index (χ4v) is 5.85. The van der Waals surface area contributed by atoms with Crippen LogP contribution in [0.4, 0.5) is 0 Å². The quantitative estimate of drug-likeness (QED) is 0.203. The lowest BCUT2D eigenvalue weighted by Crippen LogP contribution is -1.96. The second kappa shape index (κ2) is 14.4. The van der Waals surface area contributed by atoms with E-state index in [1.165, 1.54) is 38.5 Å². The van der Waals surface area contributed by atoms with Gasteiger partial charge in [-0.15, -0.1) is 0 Å². The maximum absolute atomic E-state index is 4.48. The van der Waals surface area contributed by atoms with Crippen LogP contribution in [0.5, 0.6) is 0 Å².